The summed E-state index contributed by atoms with van der Waals surface area (Å²) in [6.45, 7) is 21.0. The van der Waals surface area contributed by atoms with Crippen molar-refractivity contribution in [2.24, 2.45) is 5.41 Å². The molecule has 1 atom stereocenters. The standard InChI is InChI=1S/C34H46N4O3S/c1-21-27(42-20-35-21)19-37-14-11-24-17-25(9-10-26(24)18-37)28-22(2)36-23(3)29(31(32(39)40)41-33(4,5)6)30(28)38-15-12-34(7,8)13-16-38/h9-10,17,20,31H,11-16,18-19H2,1-8H3,(H,39,40)/t31-/m0/s1. The number of aliphatic carboxylic acids is 1. The van der Waals surface area contributed by atoms with E-state index in [-0.39, 0.29) is 5.41 Å². The van der Waals surface area contributed by atoms with Gasteiger partial charge in [0, 0.05) is 60.1 Å². The van der Waals surface area contributed by atoms with Gasteiger partial charge in [0.1, 0.15) is 0 Å². The molecule has 5 rings (SSSR count). The second-order valence-electron chi connectivity index (χ2n) is 13.8. The first-order chi connectivity index (χ1) is 19.7. The Balaban J connectivity index is 1.59. The topological polar surface area (TPSA) is 78.8 Å². The van der Waals surface area contributed by atoms with Gasteiger partial charge in [0.2, 0.25) is 0 Å². The number of carboxylic acid groups (broad SMARTS) is 1. The fraction of sp³-hybridized carbons (Fsp3) is 0.559. The van der Waals surface area contributed by atoms with Gasteiger partial charge in [-0.2, -0.15) is 0 Å². The van der Waals surface area contributed by atoms with Crippen LogP contribution in [0.4, 0.5) is 5.69 Å². The zero-order chi connectivity index (χ0) is 30.4. The first kappa shape index (κ1) is 30.6. The first-order valence-electron chi connectivity index (χ1n) is 15.1. The number of rotatable bonds is 7. The predicted octanol–water partition coefficient (Wildman–Crippen LogP) is 7.26. The van der Waals surface area contributed by atoms with Crippen LogP contribution in [0, 0.1) is 26.2 Å². The number of carbonyl (C=O) groups is 1. The van der Waals surface area contributed by atoms with E-state index < -0.39 is 17.7 Å². The van der Waals surface area contributed by atoms with Gasteiger partial charge in [-0.3, -0.25) is 9.88 Å². The molecule has 7 nitrogen and oxygen atoms in total. The minimum Gasteiger partial charge on any atom is -0.479 e. The predicted molar refractivity (Wildman–Crippen MR) is 170 cm³/mol. The summed E-state index contributed by atoms with van der Waals surface area (Å²) in [6, 6.07) is 6.80. The quantitative estimate of drug-likeness (QED) is 0.310. The number of anilines is 1. The number of piperidine rings is 1. The fourth-order valence-electron chi connectivity index (χ4n) is 6.34. The van der Waals surface area contributed by atoms with E-state index in [0.29, 0.717) is 5.56 Å². The van der Waals surface area contributed by atoms with Gasteiger partial charge >= 0.3 is 5.97 Å². The molecule has 0 radical (unpaired) electrons. The van der Waals surface area contributed by atoms with Crippen molar-refractivity contribution >= 4 is 23.0 Å². The molecule has 0 spiro atoms. The lowest BCUT2D eigenvalue weighted by Gasteiger charge is -2.41. The lowest BCUT2D eigenvalue weighted by Crippen LogP contribution is -2.39. The molecule has 0 bridgehead atoms. The van der Waals surface area contributed by atoms with Crippen molar-refractivity contribution in [3.63, 3.8) is 0 Å². The van der Waals surface area contributed by atoms with Crippen LogP contribution in [0.25, 0.3) is 11.1 Å². The highest BCUT2D eigenvalue weighted by Crippen LogP contribution is 2.45. The highest BCUT2D eigenvalue weighted by atomic mass is 32.1. The average molecular weight is 591 g/mol. The number of nitrogens with zero attached hydrogens (tertiary/aromatic N) is 4. The van der Waals surface area contributed by atoms with Crippen molar-refractivity contribution in [1.29, 1.82) is 0 Å². The van der Waals surface area contributed by atoms with E-state index in [1.165, 1.54) is 16.0 Å². The molecule has 0 unspecified atom stereocenters. The number of thiazole rings is 1. The molecular weight excluding hydrogens is 544 g/mol. The smallest absolute Gasteiger partial charge is 0.337 e. The lowest BCUT2D eigenvalue weighted by molar-refractivity contribution is -0.160. The van der Waals surface area contributed by atoms with Gasteiger partial charge in [-0.25, -0.2) is 9.78 Å². The Morgan fingerprint density at radius 1 is 1.07 bits per heavy atom. The molecule has 4 heterocycles. The fourth-order valence-corrected chi connectivity index (χ4v) is 7.16. The summed E-state index contributed by atoms with van der Waals surface area (Å²) < 4.78 is 6.25. The molecule has 0 amide bonds. The van der Waals surface area contributed by atoms with E-state index in [9.17, 15) is 9.90 Å². The van der Waals surface area contributed by atoms with Crippen molar-refractivity contribution in [2.75, 3.05) is 24.5 Å². The van der Waals surface area contributed by atoms with Crippen LogP contribution in [0.3, 0.4) is 0 Å². The minimum absolute atomic E-state index is 0.261. The molecule has 3 aromatic rings. The van der Waals surface area contributed by atoms with Crippen LogP contribution >= 0.6 is 11.3 Å². The third kappa shape index (κ3) is 6.56. The second kappa shape index (κ2) is 11.7. The summed E-state index contributed by atoms with van der Waals surface area (Å²) in [5, 5.41) is 10.5. The number of aryl methyl sites for hydroxylation is 3. The van der Waals surface area contributed by atoms with Crippen LogP contribution in [0.1, 0.15) is 92.2 Å². The van der Waals surface area contributed by atoms with Crippen LogP contribution < -0.4 is 4.90 Å². The van der Waals surface area contributed by atoms with Gasteiger partial charge in [0.15, 0.2) is 6.10 Å². The number of aromatic nitrogens is 2. The SMILES string of the molecule is Cc1ncsc1CN1CCc2cc(-c3c(C)nc(C)c([C@H](OC(C)(C)C)C(=O)O)c3N3CCC(C)(C)CC3)ccc2C1. The maximum absolute atomic E-state index is 12.8. The summed E-state index contributed by atoms with van der Waals surface area (Å²) >= 11 is 1.73. The zero-order valence-corrected chi connectivity index (χ0v) is 27.3. The molecule has 2 aliphatic heterocycles. The van der Waals surface area contributed by atoms with Gasteiger partial charge < -0.3 is 14.7 Å². The van der Waals surface area contributed by atoms with E-state index in [1.807, 2.05) is 33.2 Å². The van der Waals surface area contributed by atoms with E-state index in [4.69, 9.17) is 9.72 Å². The molecule has 1 fully saturated rings. The summed E-state index contributed by atoms with van der Waals surface area (Å²) in [7, 11) is 0. The number of ether oxygens (including phenoxy) is 1. The van der Waals surface area contributed by atoms with Gasteiger partial charge in [-0.05, 0) is 82.9 Å². The van der Waals surface area contributed by atoms with Crippen LogP contribution in [0.2, 0.25) is 0 Å². The van der Waals surface area contributed by atoms with Crippen LogP contribution in [-0.4, -0.2) is 51.2 Å². The molecule has 1 saturated heterocycles. The normalized spacial score (nSPS) is 18.1. The Labute approximate surface area is 255 Å². The lowest BCUT2D eigenvalue weighted by atomic mass is 9.81. The van der Waals surface area contributed by atoms with E-state index in [1.54, 1.807) is 11.3 Å². The summed E-state index contributed by atoms with van der Waals surface area (Å²) in [4.78, 5) is 28.4. The van der Waals surface area contributed by atoms with Gasteiger partial charge in [0.05, 0.1) is 22.5 Å². The molecule has 8 heteroatoms. The zero-order valence-electron chi connectivity index (χ0n) is 26.5. The maximum atomic E-state index is 12.8. The number of hydrogen-bond donors (Lipinski definition) is 1. The third-order valence-corrected chi connectivity index (χ3v) is 9.69. The monoisotopic (exact) mass is 590 g/mol. The van der Waals surface area contributed by atoms with Gasteiger partial charge in [-0.15, -0.1) is 11.3 Å². The second-order valence-corrected chi connectivity index (χ2v) is 14.8. The Hall–Kier alpha value is -2.81. The molecule has 2 aliphatic rings. The van der Waals surface area contributed by atoms with Crippen LogP contribution in [-0.2, 0) is 29.0 Å². The Bertz CT molecular complexity index is 1460. The van der Waals surface area contributed by atoms with Crippen molar-refractivity contribution in [2.45, 2.75) is 99.4 Å². The minimum atomic E-state index is -1.11. The average Bonchev–Trinajstić information content (AvgIpc) is 3.30. The van der Waals surface area contributed by atoms with Gasteiger partial charge in [0.25, 0.3) is 0 Å². The Morgan fingerprint density at radius 2 is 1.79 bits per heavy atom. The number of benzene rings is 1. The molecule has 1 N–H and O–H groups in total. The highest BCUT2D eigenvalue weighted by molar-refractivity contribution is 7.09. The van der Waals surface area contributed by atoms with Gasteiger partial charge in [-0.1, -0.05) is 32.0 Å². The summed E-state index contributed by atoms with van der Waals surface area (Å²) in [5.74, 6) is -0.982. The van der Waals surface area contributed by atoms with Crippen molar-refractivity contribution in [3.05, 3.63) is 62.4 Å². The van der Waals surface area contributed by atoms with Crippen molar-refractivity contribution in [3.8, 4) is 11.1 Å². The Kier molecular flexibility index (Phi) is 8.54. The number of pyridine rings is 1. The van der Waals surface area contributed by atoms with E-state index >= 15 is 0 Å². The molecule has 0 saturated carbocycles. The number of hydrogen-bond acceptors (Lipinski definition) is 7. The van der Waals surface area contributed by atoms with Crippen LogP contribution in [0.15, 0.2) is 23.7 Å². The first-order valence-corrected chi connectivity index (χ1v) is 16.0. The highest BCUT2D eigenvalue weighted by Gasteiger charge is 2.36. The van der Waals surface area contributed by atoms with Crippen LogP contribution in [0.5, 0.6) is 0 Å². The molecular formula is C34H46N4O3S. The molecule has 42 heavy (non-hydrogen) atoms. The Morgan fingerprint density at radius 3 is 2.40 bits per heavy atom. The van der Waals surface area contributed by atoms with E-state index in [0.717, 1.165) is 85.9 Å². The molecule has 226 valence electrons. The molecule has 0 aliphatic carbocycles. The largest absolute Gasteiger partial charge is 0.479 e. The number of carboxylic acids is 1. The molecule has 2 aromatic heterocycles. The van der Waals surface area contributed by atoms with Crippen molar-refractivity contribution in [1.82, 2.24) is 14.9 Å². The maximum Gasteiger partial charge on any atom is 0.337 e. The van der Waals surface area contributed by atoms with E-state index in [2.05, 4.69) is 60.7 Å². The summed E-state index contributed by atoms with van der Waals surface area (Å²) in [6.07, 6.45) is 1.96. The third-order valence-electron chi connectivity index (χ3n) is 8.77. The number of fused-ring (bicyclic) bond motifs is 1. The summed E-state index contributed by atoms with van der Waals surface area (Å²) in [5.41, 5.74) is 10.8. The molecule has 1 aromatic carbocycles. The van der Waals surface area contributed by atoms with Crippen molar-refractivity contribution < 1.29 is 14.6 Å².